The molecule has 0 atom stereocenters. The van der Waals surface area contributed by atoms with Crippen molar-refractivity contribution in [1.29, 1.82) is 0 Å². The third-order valence-corrected chi connectivity index (χ3v) is 3.38. The highest BCUT2D eigenvalue weighted by Gasteiger charge is 2.01. The molecule has 1 nitrogen and oxygen atoms in total. The number of pyridine rings is 1. The molecular formula is C17H21N. The van der Waals surface area contributed by atoms with E-state index in [-0.39, 0.29) is 0 Å². The average molecular weight is 239 g/mol. The van der Waals surface area contributed by atoms with Crippen LogP contribution in [0.2, 0.25) is 0 Å². The van der Waals surface area contributed by atoms with Crippen LogP contribution in [-0.2, 0) is 19.3 Å². The summed E-state index contributed by atoms with van der Waals surface area (Å²) in [5.74, 6) is 0. The molecule has 1 heterocycles. The maximum atomic E-state index is 4.19. The highest BCUT2D eigenvalue weighted by molar-refractivity contribution is 5.25. The molecule has 0 N–H and O–H groups in total. The van der Waals surface area contributed by atoms with Gasteiger partial charge < -0.3 is 0 Å². The molecule has 0 unspecified atom stereocenters. The summed E-state index contributed by atoms with van der Waals surface area (Å²) in [7, 11) is 0. The van der Waals surface area contributed by atoms with E-state index in [0.717, 1.165) is 19.3 Å². The first-order chi connectivity index (χ1) is 8.79. The van der Waals surface area contributed by atoms with Gasteiger partial charge in [0.15, 0.2) is 0 Å². The lowest BCUT2D eigenvalue weighted by atomic mass is 10.00. The minimum atomic E-state index is 1.08. The predicted octanol–water partition coefficient (Wildman–Crippen LogP) is 4.13. The molecule has 18 heavy (non-hydrogen) atoms. The van der Waals surface area contributed by atoms with Gasteiger partial charge in [-0.15, -0.1) is 0 Å². The number of aryl methyl sites for hydroxylation is 4. The maximum Gasteiger partial charge on any atom is 0.0302 e. The largest absolute Gasteiger partial charge is 0.264 e. The first kappa shape index (κ1) is 12.8. The third-order valence-electron chi connectivity index (χ3n) is 3.38. The van der Waals surface area contributed by atoms with Gasteiger partial charge in [0.1, 0.15) is 0 Å². The molecule has 2 aromatic rings. The summed E-state index contributed by atoms with van der Waals surface area (Å²) in [6.45, 7) is 4.35. The molecular weight excluding hydrogens is 218 g/mol. The Balaban J connectivity index is 1.92. The summed E-state index contributed by atoms with van der Waals surface area (Å²) in [5.41, 5.74) is 5.65. The van der Waals surface area contributed by atoms with E-state index >= 15 is 0 Å². The van der Waals surface area contributed by atoms with Gasteiger partial charge in [-0.05, 0) is 55.4 Å². The van der Waals surface area contributed by atoms with Crippen molar-refractivity contribution in [2.45, 2.75) is 39.5 Å². The maximum absolute atomic E-state index is 4.19. The van der Waals surface area contributed by atoms with E-state index in [1.807, 2.05) is 12.4 Å². The van der Waals surface area contributed by atoms with Gasteiger partial charge in [0, 0.05) is 12.4 Å². The zero-order chi connectivity index (χ0) is 12.8. The number of rotatable bonds is 5. The summed E-state index contributed by atoms with van der Waals surface area (Å²) in [4.78, 5) is 4.19. The van der Waals surface area contributed by atoms with Crippen LogP contribution in [0.25, 0.3) is 0 Å². The van der Waals surface area contributed by atoms with E-state index in [1.165, 1.54) is 28.7 Å². The lowest BCUT2D eigenvalue weighted by molar-refractivity contribution is 0.807. The first-order valence-electron chi connectivity index (χ1n) is 6.77. The molecule has 2 rings (SSSR count). The lowest BCUT2D eigenvalue weighted by Gasteiger charge is -2.07. The number of benzene rings is 1. The number of nitrogens with zero attached hydrogens (tertiary/aromatic N) is 1. The van der Waals surface area contributed by atoms with Crippen molar-refractivity contribution in [3.05, 3.63) is 65.0 Å². The van der Waals surface area contributed by atoms with Crippen molar-refractivity contribution in [2.24, 2.45) is 0 Å². The zero-order valence-electron chi connectivity index (χ0n) is 11.3. The highest BCUT2D eigenvalue weighted by Crippen LogP contribution is 2.13. The molecule has 0 spiro atoms. The van der Waals surface area contributed by atoms with Crippen LogP contribution in [0.3, 0.4) is 0 Å². The zero-order valence-corrected chi connectivity index (χ0v) is 11.3. The monoisotopic (exact) mass is 239 g/mol. The van der Waals surface area contributed by atoms with Crippen LogP contribution in [0.15, 0.2) is 42.7 Å². The Kier molecular flexibility index (Phi) is 4.52. The molecule has 0 saturated carbocycles. The fourth-order valence-electron chi connectivity index (χ4n) is 2.37. The van der Waals surface area contributed by atoms with Crippen LogP contribution >= 0.6 is 0 Å². The molecule has 1 aromatic carbocycles. The molecule has 94 valence electrons. The van der Waals surface area contributed by atoms with Crippen LogP contribution in [-0.4, -0.2) is 4.98 Å². The molecule has 0 amide bonds. The fraction of sp³-hybridized carbons (Fsp3) is 0.353. The summed E-state index contributed by atoms with van der Waals surface area (Å²) in [5, 5.41) is 0. The Labute approximate surface area is 110 Å². The van der Waals surface area contributed by atoms with Crippen molar-refractivity contribution in [3.63, 3.8) is 0 Å². The van der Waals surface area contributed by atoms with Crippen LogP contribution in [0.5, 0.6) is 0 Å². The Hall–Kier alpha value is -1.63. The van der Waals surface area contributed by atoms with Gasteiger partial charge in [-0.2, -0.15) is 0 Å². The number of aromatic nitrogens is 1. The van der Waals surface area contributed by atoms with Gasteiger partial charge in [0.25, 0.3) is 0 Å². The Morgan fingerprint density at radius 1 is 1.06 bits per heavy atom. The van der Waals surface area contributed by atoms with E-state index in [1.54, 1.807) is 0 Å². The van der Waals surface area contributed by atoms with Crippen LogP contribution in [0, 0.1) is 6.92 Å². The van der Waals surface area contributed by atoms with E-state index in [2.05, 4.69) is 49.2 Å². The fourth-order valence-corrected chi connectivity index (χ4v) is 2.37. The van der Waals surface area contributed by atoms with E-state index < -0.39 is 0 Å². The normalized spacial score (nSPS) is 10.6. The van der Waals surface area contributed by atoms with Gasteiger partial charge in [-0.1, -0.05) is 36.8 Å². The van der Waals surface area contributed by atoms with E-state index in [0.29, 0.717) is 0 Å². The minimum Gasteiger partial charge on any atom is -0.264 e. The van der Waals surface area contributed by atoms with Gasteiger partial charge in [-0.25, -0.2) is 0 Å². The van der Waals surface area contributed by atoms with Gasteiger partial charge in [0.05, 0.1) is 0 Å². The van der Waals surface area contributed by atoms with Gasteiger partial charge in [0.2, 0.25) is 0 Å². The second kappa shape index (κ2) is 6.34. The standard InChI is InChI=1S/C17H21N/c1-3-16-13-18-11-10-17(16)9-5-8-15-7-4-6-14(2)12-15/h4,6-7,10-13H,3,5,8-9H2,1-2H3. The minimum absolute atomic E-state index is 1.08. The molecule has 0 aliphatic rings. The van der Waals surface area contributed by atoms with Crippen molar-refractivity contribution >= 4 is 0 Å². The quantitative estimate of drug-likeness (QED) is 0.764. The Bertz CT molecular complexity index is 502. The average Bonchev–Trinajstić information content (AvgIpc) is 2.39. The summed E-state index contributed by atoms with van der Waals surface area (Å²) in [6.07, 6.45) is 8.50. The smallest absolute Gasteiger partial charge is 0.0302 e. The summed E-state index contributed by atoms with van der Waals surface area (Å²) >= 11 is 0. The van der Waals surface area contributed by atoms with Crippen LogP contribution < -0.4 is 0 Å². The molecule has 0 bridgehead atoms. The SMILES string of the molecule is CCc1cnccc1CCCc1cccc(C)c1. The second-order valence-corrected chi connectivity index (χ2v) is 4.84. The summed E-state index contributed by atoms with van der Waals surface area (Å²) in [6, 6.07) is 11.0. The van der Waals surface area contributed by atoms with Crippen molar-refractivity contribution < 1.29 is 0 Å². The molecule has 0 aliphatic carbocycles. The van der Waals surface area contributed by atoms with E-state index in [4.69, 9.17) is 0 Å². The first-order valence-corrected chi connectivity index (χ1v) is 6.77. The Morgan fingerprint density at radius 3 is 2.72 bits per heavy atom. The molecule has 1 heteroatoms. The van der Waals surface area contributed by atoms with Crippen molar-refractivity contribution in [1.82, 2.24) is 4.98 Å². The Morgan fingerprint density at radius 2 is 1.94 bits per heavy atom. The third kappa shape index (κ3) is 3.43. The van der Waals surface area contributed by atoms with Gasteiger partial charge in [-0.3, -0.25) is 4.98 Å². The van der Waals surface area contributed by atoms with E-state index in [9.17, 15) is 0 Å². The second-order valence-electron chi connectivity index (χ2n) is 4.84. The van der Waals surface area contributed by atoms with Crippen molar-refractivity contribution in [2.75, 3.05) is 0 Å². The molecule has 0 fully saturated rings. The number of hydrogen-bond donors (Lipinski definition) is 0. The van der Waals surface area contributed by atoms with Crippen LogP contribution in [0.4, 0.5) is 0 Å². The molecule has 0 saturated heterocycles. The van der Waals surface area contributed by atoms with Crippen LogP contribution in [0.1, 0.15) is 35.6 Å². The highest BCUT2D eigenvalue weighted by atomic mass is 14.6. The molecule has 0 aliphatic heterocycles. The van der Waals surface area contributed by atoms with Gasteiger partial charge >= 0.3 is 0 Å². The molecule has 1 aromatic heterocycles. The van der Waals surface area contributed by atoms with Crippen molar-refractivity contribution in [3.8, 4) is 0 Å². The predicted molar refractivity (Wildman–Crippen MR) is 76.8 cm³/mol. The number of hydrogen-bond acceptors (Lipinski definition) is 1. The molecule has 0 radical (unpaired) electrons. The summed E-state index contributed by atoms with van der Waals surface area (Å²) < 4.78 is 0. The topological polar surface area (TPSA) is 12.9 Å². The lowest BCUT2D eigenvalue weighted by Crippen LogP contribution is -1.96.